The maximum absolute atomic E-state index is 12.4. The molecule has 9 N–H and O–H groups in total. The largest absolute Gasteiger partial charge is 0.459 e. The van der Waals surface area contributed by atoms with Crippen LogP contribution in [0.3, 0.4) is 0 Å². The molecular weight excluding hydrogens is 608 g/mol. The topological polar surface area (TPSA) is 208 Å². The first-order chi connectivity index (χ1) is 22.1. The molecule has 0 saturated heterocycles. The summed E-state index contributed by atoms with van der Waals surface area (Å²) in [6, 6.07) is 0. The van der Waals surface area contributed by atoms with Crippen LogP contribution in [-0.4, -0.2) is 113 Å². The van der Waals surface area contributed by atoms with Crippen molar-refractivity contribution in [3.05, 3.63) is 60.8 Å². The molecule has 11 nitrogen and oxygen atoms in total. The number of carbonyl (C=O) groups is 1. The van der Waals surface area contributed by atoms with Crippen molar-refractivity contribution in [1.82, 2.24) is 0 Å². The van der Waals surface area contributed by atoms with Gasteiger partial charge in [-0.15, -0.1) is 0 Å². The normalized spacial score (nSPS) is 41.0. The summed E-state index contributed by atoms with van der Waals surface area (Å²) >= 11 is 0. The van der Waals surface area contributed by atoms with Crippen molar-refractivity contribution >= 4 is 5.97 Å². The molecule has 1 rings (SSSR count). The number of rotatable bonds is 1. The fourth-order valence-electron chi connectivity index (χ4n) is 5.54. The average Bonchev–Trinajstić information content (AvgIpc) is 2.99. The molecule has 0 saturated carbocycles. The van der Waals surface area contributed by atoms with E-state index in [2.05, 4.69) is 0 Å². The molecule has 0 aromatic rings. The Morgan fingerprint density at radius 2 is 1.02 bits per heavy atom. The molecule has 0 aromatic carbocycles. The Hall–Kier alpha value is -2.19. The lowest BCUT2D eigenvalue weighted by Crippen LogP contribution is -2.39. The van der Waals surface area contributed by atoms with Crippen LogP contribution in [0.4, 0.5) is 0 Å². The molecule has 0 amide bonds. The van der Waals surface area contributed by atoms with Gasteiger partial charge in [0.15, 0.2) is 0 Å². The summed E-state index contributed by atoms with van der Waals surface area (Å²) in [4.78, 5) is 12.4. The van der Waals surface area contributed by atoms with Gasteiger partial charge in [-0.3, -0.25) is 0 Å². The summed E-state index contributed by atoms with van der Waals surface area (Å²) in [7, 11) is 0. The first-order valence-corrected chi connectivity index (χ1v) is 16.8. The van der Waals surface area contributed by atoms with E-state index in [-0.39, 0.29) is 57.3 Å². The minimum absolute atomic E-state index is 0.0218. The molecule has 47 heavy (non-hydrogen) atoms. The number of aliphatic hydroxyl groups excluding tert-OH is 9. The van der Waals surface area contributed by atoms with Gasteiger partial charge < -0.3 is 50.7 Å². The molecule has 1 heterocycles. The summed E-state index contributed by atoms with van der Waals surface area (Å²) in [6.45, 7) is 7.09. The van der Waals surface area contributed by atoms with E-state index in [1.165, 1.54) is 12.2 Å². The number of hydrogen-bond donors (Lipinski definition) is 9. The molecule has 270 valence electrons. The second-order valence-electron chi connectivity index (χ2n) is 13.2. The summed E-state index contributed by atoms with van der Waals surface area (Å²) in [6.07, 6.45) is 5.94. The van der Waals surface area contributed by atoms with Gasteiger partial charge >= 0.3 is 5.97 Å². The summed E-state index contributed by atoms with van der Waals surface area (Å²) in [5.74, 6) is -1.79. The zero-order valence-corrected chi connectivity index (χ0v) is 28.3. The Bertz CT molecular complexity index is 1010. The van der Waals surface area contributed by atoms with Gasteiger partial charge in [0.25, 0.3) is 0 Å². The Morgan fingerprint density at radius 1 is 0.553 bits per heavy atom. The van der Waals surface area contributed by atoms with Crippen LogP contribution < -0.4 is 0 Å². The number of carbonyl (C=O) groups excluding carboxylic acids is 1. The minimum atomic E-state index is -1.34. The van der Waals surface area contributed by atoms with Gasteiger partial charge in [-0.25, -0.2) is 4.79 Å². The summed E-state index contributed by atoms with van der Waals surface area (Å²) < 4.78 is 5.61. The van der Waals surface area contributed by atoms with Crippen molar-refractivity contribution in [2.45, 2.75) is 140 Å². The standard InChI is InChI=1S/C36H60O11/c1-23(2)36-25(4)33(44)21-29(40)22-34(45)31(42)17-16-26(37)18-27(38)19-28(39)20-32(43)24(3)30(41)14-12-10-8-6-5-7-9-11-13-15-35(46)47-36/h5-13,15,23-34,36-45H,14,16-22H2,1-4H3/b7-5+,8-6+,11-9+,12-10+,15-13+/t24-,25-,26-,27+,28+,29-,30-,31?,32+,33?,34-,36-/m0/s1. The summed E-state index contributed by atoms with van der Waals surface area (Å²) in [5.41, 5.74) is 0. The Kier molecular flexibility index (Phi) is 21.2. The maximum Gasteiger partial charge on any atom is 0.331 e. The van der Waals surface area contributed by atoms with Gasteiger partial charge in [0, 0.05) is 24.3 Å². The predicted molar refractivity (Wildman–Crippen MR) is 180 cm³/mol. The molecule has 12 atom stereocenters. The van der Waals surface area contributed by atoms with Crippen molar-refractivity contribution in [3.8, 4) is 0 Å². The third-order valence-corrected chi connectivity index (χ3v) is 8.64. The Balaban J connectivity index is 2.99. The predicted octanol–water partition coefficient (Wildman–Crippen LogP) is 1.99. The van der Waals surface area contributed by atoms with E-state index in [4.69, 9.17) is 4.74 Å². The van der Waals surface area contributed by atoms with Crippen molar-refractivity contribution in [2.24, 2.45) is 17.8 Å². The fourth-order valence-corrected chi connectivity index (χ4v) is 5.54. The van der Waals surface area contributed by atoms with Crippen molar-refractivity contribution in [1.29, 1.82) is 0 Å². The van der Waals surface area contributed by atoms with Crippen LogP contribution in [0, 0.1) is 17.8 Å². The molecule has 0 bridgehead atoms. The molecule has 0 spiro atoms. The third kappa shape index (κ3) is 18.2. The number of aliphatic hydroxyl groups is 9. The second kappa shape index (κ2) is 23.2. The highest BCUT2D eigenvalue weighted by Gasteiger charge is 2.32. The monoisotopic (exact) mass is 668 g/mol. The van der Waals surface area contributed by atoms with Gasteiger partial charge in [-0.1, -0.05) is 82.4 Å². The molecule has 1 aliphatic rings. The Morgan fingerprint density at radius 3 is 1.62 bits per heavy atom. The lowest BCUT2D eigenvalue weighted by molar-refractivity contribution is -0.151. The zero-order valence-electron chi connectivity index (χ0n) is 28.3. The molecule has 2 unspecified atom stereocenters. The smallest absolute Gasteiger partial charge is 0.331 e. The third-order valence-electron chi connectivity index (χ3n) is 8.64. The lowest BCUT2D eigenvalue weighted by atomic mass is 9.86. The van der Waals surface area contributed by atoms with Crippen LogP contribution in [0.25, 0.3) is 0 Å². The van der Waals surface area contributed by atoms with Crippen LogP contribution in [-0.2, 0) is 9.53 Å². The molecule has 0 radical (unpaired) electrons. The van der Waals surface area contributed by atoms with E-state index in [1.54, 1.807) is 62.5 Å². The van der Waals surface area contributed by atoms with Crippen molar-refractivity contribution in [2.75, 3.05) is 0 Å². The van der Waals surface area contributed by atoms with Crippen LogP contribution in [0.2, 0.25) is 0 Å². The second-order valence-corrected chi connectivity index (χ2v) is 13.2. The van der Waals surface area contributed by atoms with Crippen LogP contribution >= 0.6 is 0 Å². The van der Waals surface area contributed by atoms with Gasteiger partial charge in [0.2, 0.25) is 0 Å². The fraction of sp³-hybridized carbons (Fsp3) is 0.694. The highest BCUT2D eigenvalue weighted by molar-refractivity contribution is 5.82. The highest BCUT2D eigenvalue weighted by atomic mass is 16.5. The first-order valence-electron chi connectivity index (χ1n) is 16.8. The molecule has 1 aliphatic heterocycles. The van der Waals surface area contributed by atoms with E-state index in [0.29, 0.717) is 0 Å². The SMILES string of the molecule is CC(C)[C@@H]1OC(=O)/C=C/C=C/C=C/C=C/C=C/C[C@H](O)[C@H](C)[C@H](O)C[C@H](O)C[C@H](O)C[C@@H](O)CCC(O)[C@@H](O)C[C@@H](O)CC(O)[C@@H]1C. The van der Waals surface area contributed by atoms with E-state index < -0.39 is 78.8 Å². The molecule has 0 fully saturated rings. The molecular formula is C36H60O11. The number of allylic oxidation sites excluding steroid dienone is 8. The van der Waals surface area contributed by atoms with Crippen molar-refractivity contribution < 1.29 is 55.5 Å². The Labute approximate surface area is 279 Å². The van der Waals surface area contributed by atoms with Crippen LogP contribution in [0.5, 0.6) is 0 Å². The maximum atomic E-state index is 12.4. The number of esters is 1. The quantitative estimate of drug-likeness (QED) is 0.185. The molecule has 0 aromatic heterocycles. The van der Waals surface area contributed by atoms with Gasteiger partial charge in [0.05, 0.1) is 54.9 Å². The van der Waals surface area contributed by atoms with E-state index >= 15 is 0 Å². The van der Waals surface area contributed by atoms with E-state index in [0.717, 1.165) is 0 Å². The highest BCUT2D eigenvalue weighted by Crippen LogP contribution is 2.25. The number of ether oxygens (including phenoxy) is 1. The van der Waals surface area contributed by atoms with E-state index in [1.807, 2.05) is 13.8 Å². The molecule has 0 aliphatic carbocycles. The number of hydrogen-bond acceptors (Lipinski definition) is 11. The minimum Gasteiger partial charge on any atom is -0.459 e. The lowest BCUT2D eigenvalue weighted by Gasteiger charge is -2.31. The average molecular weight is 669 g/mol. The van der Waals surface area contributed by atoms with Gasteiger partial charge in [-0.2, -0.15) is 0 Å². The zero-order chi connectivity index (χ0) is 35.5. The van der Waals surface area contributed by atoms with Crippen LogP contribution in [0.1, 0.15) is 79.1 Å². The summed E-state index contributed by atoms with van der Waals surface area (Å²) in [5, 5.41) is 94.2. The van der Waals surface area contributed by atoms with E-state index in [9.17, 15) is 50.8 Å². The number of cyclic esters (lactones) is 1. The van der Waals surface area contributed by atoms with Crippen molar-refractivity contribution in [3.63, 3.8) is 0 Å². The van der Waals surface area contributed by atoms with Gasteiger partial charge in [0.1, 0.15) is 6.10 Å². The first kappa shape index (κ1) is 42.8. The van der Waals surface area contributed by atoms with Crippen LogP contribution in [0.15, 0.2) is 60.8 Å². The molecule has 11 heteroatoms. The van der Waals surface area contributed by atoms with Gasteiger partial charge in [-0.05, 0) is 50.9 Å².